The lowest BCUT2D eigenvalue weighted by atomic mass is 9.88. The molecule has 0 fully saturated rings. The van der Waals surface area contributed by atoms with Crippen LogP contribution in [0.5, 0.6) is 0 Å². The number of rotatable bonds is 3. The predicted molar refractivity (Wildman–Crippen MR) is 97.3 cm³/mol. The van der Waals surface area contributed by atoms with Crippen LogP contribution in [0.25, 0.3) is 0 Å². The zero-order valence-corrected chi connectivity index (χ0v) is 13.4. The third kappa shape index (κ3) is 2.95. The van der Waals surface area contributed by atoms with Gasteiger partial charge >= 0.3 is 0 Å². The lowest BCUT2D eigenvalue weighted by molar-refractivity contribution is 0.146. The summed E-state index contributed by atoms with van der Waals surface area (Å²) in [6.07, 6.45) is -0.0266. The lowest BCUT2D eigenvalue weighted by Crippen LogP contribution is -2.26. The van der Waals surface area contributed by atoms with Crippen LogP contribution < -0.4 is 0 Å². The standard InChI is InChI=1S/C22H19NO/c1-4-10-17(11-5-1)20-16-23-22(19-14-8-3-9-15-19)24-21(20)18-12-6-2-7-13-18/h1-15,20-21H,16H2. The third-order valence-electron chi connectivity index (χ3n) is 4.41. The minimum Gasteiger partial charge on any atom is -0.469 e. The quantitative estimate of drug-likeness (QED) is 0.667. The van der Waals surface area contributed by atoms with Gasteiger partial charge < -0.3 is 4.74 Å². The molecule has 1 heterocycles. The van der Waals surface area contributed by atoms with Gasteiger partial charge in [-0.25, -0.2) is 0 Å². The second-order valence-corrected chi connectivity index (χ2v) is 5.98. The van der Waals surface area contributed by atoms with Gasteiger partial charge in [0, 0.05) is 11.5 Å². The molecule has 2 heteroatoms. The number of ether oxygens (including phenoxy) is 1. The van der Waals surface area contributed by atoms with Gasteiger partial charge in [-0.3, -0.25) is 4.99 Å². The molecule has 1 aliphatic heterocycles. The molecule has 0 bridgehead atoms. The minimum absolute atomic E-state index is 0.0266. The highest BCUT2D eigenvalue weighted by molar-refractivity contribution is 5.94. The first kappa shape index (κ1) is 14.7. The van der Waals surface area contributed by atoms with Gasteiger partial charge in [0.1, 0.15) is 6.10 Å². The van der Waals surface area contributed by atoms with Crippen molar-refractivity contribution >= 4 is 5.90 Å². The molecule has 3 aromatic rings. The summed E-state index contributed by atoms with van der Waals surface area (Å²) in [5.41, 5.74) is 3.49. The molecule has 0 spiro atoms. The van der Waals surface area contributed by atoms with Gasteiger partial charge in [0.25, 0.3) is 0 Å². The largest absolute Gasteiger partial charge is 0.469 e. The topological polar surface area (TPSA) is 21.6 Å². The molecule has 2 unspecified atom stereocenters. The van der Waals surface area contributed by atoms with E-state index >= 15 is 0 Å². The molecule has 24 heavy (non-hydrogen) atoms. The van der Waals surface area contributed by atoms with E-state index in [-0.39, 0.29) is 12.0 Å². The second kappa shape index (κ2) is 6.71. The minimum atomic E-state index is -0.0266. The summed E-state index contributed by atoms with van der Waals surface area (Å²) in [5.74, 6) is 0.956. The van der Waals surface area contributed by atoms with E-state index in [0.29, 0.717) is 0 Å². The summed E-state index contributed by atoms with van der Waals surface area (Å²) in [6.45, 7) is 0.730. The molecule has 0 aliphatic carbocycles. The van der Waals surface area contributed by atoms with Gasteiger partial charge in [0.15, 0.2) is 0 Å². The van der Waals surface area contributed by atoms with Crippen LogP contribution in [0.2, 0.25) is 0 Å². The number of aliphatic imine (C=N–C) groups is 1. The van der Waals surface area contributed by atoms with Crippen molar-refractivity contribution in [2.45, 2.75) is 12.0 Å². The average molecular weight is 313 g/mol. The Morgan fingerprint density at radius 1 is 0.667 bits per heavy atom. The Kier molecular flexibility index (Phi) is 4.11. The SMILES string of the molecule is c1ccc(C2=NCC(c3ccccc3)C(c3ccccc3)O2)cc1. The fraction of sp³-hybridized carbons (Fsp3) is 0.136. The monoisotopic (exact) mass is 313 g/mol. The van der Waals surface area contributed by atoms with Crippen LogP contribution in [-0.2, 0) is 4.74 Å². The Morgan fingerprint density at radius 2 is 1.21 bits per heavy atom. The van der Waals surface area contributed by atoms with Crippen LogP contribution >= 0.6 is 0 Å². The smallest absolute Gasteiger partial charge is 0.216 e. The van der Waals surface area contributed by atoms with Crippen molar-refractivity contribution in [2.75, 3.05) is 6.54 Å². The first-order valence-corrected chi connectivity index (χ1v) is 8.28. The highest BCUT2D eigenvalue weighted by atomic mass is 16.5. The summed E-state index contributed by atoms with van der Waals surface area (Å²) < 4.78 is 6.38. The molecule has 0 N–H and O–H groups in total. The van der Waals surface area contributed by atoms with Crippen molar-refractivity contribution in [3.63, 3.8) is 0 Å². The summed E-state index contributed by atoms with van der Waals surface area (Å²) in [4.78, 5) is 4.73. The van der Waals surface area contributed by atoms with Crippen molar-refractivity contribution in [2.24, 2.45) is 4.99 Å². The van der Waals surface area contributed by atoms with Crippen LogP contribution in [0.1, 0.15) is 28.7 Å². The highest BCUT2D eigenvalue weighted by Gasteiger charge is 2.31. The molecular formula is C22H19NO. The maximum atomic E-state index is 6.38. The molecular weight excluding hydrogens is 294 g/mol. The molecule has 0 saturated carbocycles. The Morgan fingerprint density at radius 3 is 1.83 bits per heavy atom. The van der Waals surface area contributed by atoms with Crippen LogP contribution in [0.15, 0.2) is 96.0 Å². The Bertz CT molecular complexity index is 812. The summed E-state index contributed by atoms with van der Waals surface area (Å²) in [6, 6.07) is 31.1. The summed E-state index contributed by atoms with van der Waals surface area (Å²) in [7, 11) is 0. The van der Waals surface area contributed by atoms with Gasteiger partial charge in [-0.1, -0.05) is 78.9 Å². The van der Waals surface area contributed by atoms with Crippen LogP contribution in [0, 0.1) is 0 Å². The lowest BCUT2D eigenvalue weighted by Gasteiger charge is -2.32. The van der Waals surface area contributed by atoms with Crippen molar-refractivity contribution in [1.82, 2.24) is 0 Å². The van der Waals surface area contributed by atoms with E-state index in [2.05, 4.69) is 48.5 Å². The molecule has 2 nitrogen and oxygen atoms in total. The van der Waals surface area contributed by atoms with Crippen molar-refractivity contribution in [3.8, 4) is 0 Å². The predicted octanol–water partition coefficient (Wildman–Crippen LogP) is 4.99. The normalized spacial score (nSPS) is 20.1. The van der Waals surface area contributed by atoms with Gasteiger partial charge in [-0.2, -0.15) is 0 Å². The fourth-order valence-electron chi connectivity index (χ4n) is 3.18. The molecule has 0 amide bonds. The molecule has 118 valence electrons. The Labute approximate surface area is 142 Å². The van der Waals surface area contributed by atoms with E-state index in [9.17, 15) is 0 Å². The van der Waals surface area contributed by atoms with Gasteiger partial charge in [0.2, 0.25) is 5.90 Å². The number of hydrogen-bond donors (Lipinski definition) is 0. The van der Waals surface area contributed by atoms with Crippen LogP contribution in [0.3, 0.4) is 0 Å². The maximum Gasteiger partial charge on any atom is 0.216 e. The van der Waals surface area contributed by atoms with E-state index in [1.807, 2.05) is 42.5 Å². The molecule has 2 atom stereocenters. The Hall–Kier alpha value is -2.87. The maximum absolute atomic E-state index is 6.38. The molecule has 1 aliphatic rings. The van der Waals surface area contributed by atoms with Gasteiger partial charge in [0.05, 0.1) is 6.54 Å². The third-order valence-corrected chi connectivity index (χ3v) is 4.41. The number of hydrogen-bond acceptors (Lipinski definition) is 2. The van der Waals surface area contributed by atoms with Gasteiger partial charge in [-0.05, 0) is 23.3 Å². The van der Waals surface area contributed by atoms with Crippen molar-refractivity contribution in [3.05, 3.63) is 108 Å². The van der Waals surface area contributed by atoms with Crippen LogP contribution in [-0.4, -0.2) is 12.4 Å². The first-order valence-electron chi connectivity index (χ1n) is 8.28. The molecule has 0 saturated heterocycles. The van der Waals surface area contributed by atoms with E-state index in [1.54, 1.807) is 0 Å². The zero-order valence-electron chi connectivity index (χ0n) is 13.4. The molecule has 3 aromatic carbocycles. The summed E-state index contributed by atoms with van der Waals surface area (Å²) in [5, 5.41) is 0. The van der Waals surface area contributed by atoms with Crippen LogP contribution in [0.4, 0.5) is 0 Å². The zero-order chi connectivity index (χ0) is 16.2. The van der Waals surface area contributed by atoms with Crippen molar-refractivity contribution < 1.29 is 4.74 Å². The fourth-order valence-corrected chi connectivity index (χ4v) is 3.18. The summed E-state index contributed by atoms with van der Waals surface area (Å²) >= 11 is 0. The molecule has 4 rings (SSSR count). The molecule has 0 aromatic heterocycles. The van der Waals surface area contributed by atoms with Crippen molar-refractivity contribution in [1.29, 1.82) is 0 Å². The van der Waals surface area contributed by atoms with Gasteiger partial charge in [-0.15, -0.1) is 0 Å². The number of nitrogens with zero attached hydrogens (tertiary/aromatic N) is 1. The first-order chi connectivity index (χ1) is 11.9. The van der Waals surface area contributed by atoms with E-state index < -0.39 is 0 Å². The van der Waals surface area contributed by atoms with E-state index in [0.717, 1.165) is 18.0 Å². The van der Waals surface area contributed by atoms with E-state index in [4.69, 9.17) is 9.73 Å². The van der Waals surface area contributed by atoms with E-state index in [1.165, 1.54) is 11.1 Å². The number of benzene rings is 3. The molecule has 0 radical (unpaired) electrons. The highest BCUT2D eigenvalue weighted by Crippen LogP contribution is 2.37. The average Bonchev–Trinajstić information content (AvgIpc) is 2.69. The second-order valence-electron chi connectivity index (χ2n) is 5.98. The Balaban J connectivity index is 1.72.